The Morgan fingerprint density at radius 3 is 2.17 bits per heavy atom. The zero-order chi connectivity index (χ0) is 17.7. The van der Waals surface area contributed by atoms with Crippen LogP contribution in [-0.2, 0) is 14.8 Å². The summed E-state index contributed by atoms with van der Waals surface area (Å²) < 4.78 is 40.8. The maximum Gasteiger partial charge on any atom is 0.244 e. The molecule has 0 aromatic heterocycles. The number of nitrogens with one attached hydrogen (secondary N) is 2. The van der Waals surface area contributed by atoms with E-state index in [4.69, 9.17) is 0 Å². The van der Waals surface area contributed by atoms with E-state index in [0.717, 1.165) is 12.1 Å². The van der Waals surface area contributed by atoms with E-state index in [-0.39, 0.29) is 5.92 Å². The molecular formula is C17H19FN2O3S. The molecule has 2 N–H and O–H groups in total. The van der Waals surface area contributed by atoms with E-state index < -0.39 is 32.7 Å². The molecule has 0 saturated carbocycles. The number of halogens is 1. The third kappa shape index (κ3) is 4.39. The molecule has 7 heteroatoms. The number of benzene rings is 2. The summed E-state index contributed by atoms with van der Waals surface area (Å²) in [5.41, 5.74) is 0.554. The van der Waals surface area contributed by atoms with E-state index in [9.17, 15) is 17.6 Å². The van der Waals surface area contributed by atoms with Crippen molar-refractivity contribution in [3.63, 3.8) is 0 Å². The third-order valence-corrected chi connectivity index (χ3v) is 4.87. The molecule has 2 rings (SSSR count). The molecule has 1 atom stereocenters. The SMILES string of the molecule is CC(C)C(NS(=O)(=O)c1ccccc1F)C(=O)Nc1ccccc1. The predicted molar refractivity (Wildman–Crippen MR) is 90.4 cm³/mol. The van der Waals surface area contributed by atoms with Crippen molar-refractivity contribution in [1.29, 1.82) is 0 Å². The lowest BCUT2D eigenvalue weighted by atomic mass is 10.0. The Bertz CT molecular complexity index is 808. The van der Waals surface area contributed by atoms with Crippen molar-refractivity contribution < 1.29 is 17.6 Å². The van der Waals surface area contributed by atoms with Gasteiger partial charge in [0.1, 0.15) is 16.8 Å². The van der Waals surface area contributed by atoms with Crippen molar-refractivity contribution in [3.8, 4) is 0 Å². The second-order valence-electron chi connectivity index (χ2n) is 5.63. The molecule has 2 aromatic rings. The summed E-state index contributed by atoms with van der Waals surface area (Å²) in [7, 11) is -4.16. The number of rotatable bonds is 6. The summed E-state index contributed by atoms with van der Waals surface area (Å²) in [5, 5.41) is 2.65. The van der Waals surface area contributed by atoms with Gasteiger partial charge < -0.3 is 5.32 Å². The fraction of sp³-hybridized carbons (Fsp3) is 0.235. The quantitative estimate of drug-likeness (QED) is 0.841. The van der Waals surface area contributed by atoms with Crippen molar-refractivity contribution in [3.05, 3.63) is 60.4 Å². The van der Waals surface area contributed by atoms with Gasteiger partial charge in [-0.15, -0.1) is 0 Å². The molecule has 0 bridgehead atoms. The second-order valence-corrected chi connectivity index (χ2v) is 7.31. The number of hydrogen-bond acceptors (Lipinski definition) is 3. The standard InChI is InChI=1S/C17H19FN2O3S/c1-12(2)16(17(21)19-13-8-4-3-5-9-13)20-24(22,23)15-11-7-6-10-14(15)18/h3-12,16,20H,1-2H3,(H,19,21). The van der Waals surface area contributed by atoms with E-state index in [0.29, 0.717) is 5.69 Å². The molecule has 0 radical (unpaired) electrons. The van der Waals surface area contributed by atoms with Crippen molar-refractivity contribution in [2.45, 2.75) is 24.8 Å². The molecule has 0 heterocycles. The zero-order valence-electron chi connectivity index (χ0n) is 13.4. The molecule has 0 spiro atoms. The molecule has 128 valence electrons. The van der Waals surface area contributed by atoms with Crippen LogP contribution in [0.3, 0.4) is 0 Å². The van der Waals surface area contributed by atoms with Gasteiger partial charge in [-0.1, -0.05) is 44.2 Å². The summed E-state index contributed by atoms with van der Waals surface area (Å²) in [5.74, 6) is -1.69. The lowest BCUT2D eigenvalue weighted by molar-refractivity contribution is -0.118. The minimum absolute atomic E-state index is 0.324. The Morgan fingerprint density at radius 1 is 1.00 bits per heavy atom. The monoisotopic (exact) mass is 350 g/mol. The number of amides is 1. The minimum Gasteiger partial charge on any atom is -0.325 e. The van der Waals surface area contributed by atoms with Crippen LogP contribution >= 0.6 is 0 Å². The van der Waals surface area contributed by atoms with Crippen molar-refractivity contribution >= 4 is 21.6 Å². The van der Waals surface area contributed by atoms with Crippen LogP contribution in [0.5, 0.6) is 0 Å². The van der Waals surface area contributed by atoms with Crippen LogP contribution < -0.4 is 10.0 Å². The number of sulfonamides is 1. The number of hydrogen-bond donors (Lipinski definition) is 2. The molecule has 0 fully saturated rings. The first kappa shape index (κ1) is 18.1. The summed E-state index contributed by atoms with van der Waals surface area (Å²) in [6, 6.07) is 12.7. The lowest BCUT2D eigenvalue weighted by Crippen LogP contribution is -2.47. The van der Waals surface area contributed by atoms with E-state index in [2.05, 4.69) is 10.0 Å². The molecule has 1 amide bonds. The first-order valence-corrected chi connectivity index (χ1v) is 8.92. The Kier molecular flexibility index (Phi) is 5.69. The third-order valence-electron chi connectivity index (χ3n) is 3.40. The lowest BCUT2D eigenvalue weighted by Gasteiger charge is -2.21. The van der Waals surface area contributed by atoms with Gasteiger partial charge in [-0.3, -0.25) is 4.79 Å². The van der Waals surface area contributed by atoms with Gasteiger partial charge in [-0.2, -0.15) is 4.72 Å². The van der Waals surface area contributed by atoms with E-state index >= 15 is 0 Å². The molecule has 1 unspecified atom stereocenters. The Balaban J connectivity index is 2.22. The molecule has 2 aromatic carbocycles. The number of carbonyl (C=O) groups excluding carboxylic acids is 1. The molecule has 0 aliphatic carbocycles. The highest BCUT2D eigenvalue weighted by molar-refractivity contribution is 7.89. The largest absolute Gasteiger partial charge is 0.325 e. The maximum absolute atomic E-state index is 13.8. The second kappa shape index (κ2) is 7.55. The van der Waals surface area contributed by atoms with Gasteiger partial charge in [0.05, 0.1) is 0 Å². The van der Waals surface area contributed by atoms with E-state index in [1.807, 2.05) is 0 Å². The fourth-order valence-electron chi connectivity index (χ4n) is 2.13. The van der Waals surface area contributed by atoms with Crippen molar-refractivity contribution in [2.75, 3.05) is 5.32 Å². The molecule has 0 aliphatic heterocycles. The van der Waals surface area contributed by atoms with Crippen LogP contribution in [0.4, 0.5) is 10.1 Å². The van der Waals surface area contributed by atoms with Gasteiger partial charge in [0, 0.05) is 5.69 Å². The van der Waals surface area contributed by atoms with Gasteiger partial charge in [0.15, 0.2) is 0 Å². The van der Waals surface area contributed by atoms with Gasteiger partial charge in [-0.05, 0) is 30.2 Å². The number of para-hydroxylation sites is 1. The minimum atomic E-state index is -4.16. The zero-order valence-corrected chi connectivity index (χ0v) is 14.2. The van der Waals surface area contributed by atoms with Crippen molar-refractivity contribution in [1.82, 2.24) is 4.72 Å². The molecule has 24 heavy (non-hydrogen) atoms. The first-order chi connectivity index (χ1) is 11.3. The summed E-state index contributed by atoms with van der Waals surface area (Å²) in [6.45, 7) is 3.41. The number of carbonyl (C=O) groups is 1. The highest BCUT2D eigenvalue weighted by atomic mass is 32.2. The van der Waals surface area contributed by atoms with Crippen LogP contribution in [-0.4, -0.2) is 20.4 Å². The highest BCUT2D eigenvalue weighted by Crippen LogP contribution is 2.16. The van der Waals surface area contributed by atoms with Crippen LogP contribution in [0.2, 0.25) is 0 Å². The van der Waals surface area contributed by atoms with Crippen LogP contribution in [0, 0.1) is 11.7 Å². The normalized spacial score (nSPS) is 12.8. The topological polar surface area (TPSA) is 75.3 Å². The fourth-order valence-corrected chi connectivity index (χ4v) is 3.55. The Hall–Kier alpha value is -2.25. The smallest absolute Gasteiger partial charge is 0.244 e. The summed E-state index contributed by atoms with van der Waals surface area (Å²) in [4.78, 5) is 11.9. The van der Waals surface area contributed by atoms with E-state index in [1.165, 1.54) is 12.1 Å². The highest BCUT2D eigenvalue weighted by Gasteiger charge is 2.29. The van der Waals surface area contributed by atoms with Gasteiger partial charge in [-0.25, -0.2) is 12.8 Å². The van der Waals surface area contributed by atoms with Gasteiger partial charge in [0.2, 0.25) is 15.9 Å². The molecule has 0 aliphatic rings. The Morgan fingerprint density at radius 2 is 1.58 bits per heavy atom. The summed E-state index contributed by atoms with van der Waals surface area (Å²) >= 11 is 0. The first-order valence-electron chi connectivity index (χ1n) is 7.44. The van der Waals surface area contributed by atoms with Gasteiger partial charge in [0.25, 0.3) is 0 Å². The van der Waals surface area contributed by atoms with Crippen LogP contribution in [0.15, 0.2) is 59.5 Å². The average molecular weight is 350 g/mol. The van der Waals surface area contributed by atoms with E-state index in [1.54, 1.807) is 44.2 Å². The predicted octanol–water partition coefficient (Wildman–Crippen LogP) is 2.77. The summed E-state index contributed by atoms with van der Waals surface area (Å²) in [6.07, 6.45) is 0. The van der Waals surface area contributed by atoms with Crippen LogP contribution in [0.1, 0.15) is 13.8 Å². The molecule has 0 saturated heterocycles. The number of anilines is 1. The maximum atomic E-state index is 13.8. The Labute approximate surface area is 141 Å². The van der Waals surface area contributed by atoms with Crippen LogP contribution in [0.25, 0.3) is 0 Å². The average Bonchev–Trinajstić information content (AvgIpc) is 2.53. The van der Waals surface area contributed by atoms with Crippen molar-refractivity contribution in [2.24, 2.45) is 5.92 Å². The molecule has 5 nitrogen and oxygen atoms in total. The molecular weight excluding hydrogens is 331 g/mol. The van der Waals surface area contributed by atoms with Gasteiger partial charge >= 0.3 is 0 Å².